The smallest absolute Gasteiger partial charge is 0.354 e. The average molecular weight is 407 g/mol. The summed E-state index contributed by atoms with van der Waals surface area (Å²) in [6.07, 6.45) is 1.57. The third kappa shape index (κ3) is 4.31. The number of hydrogen-bond donors (Lipinski definition) is 0. The monoisotopic (exact) mass is 407 g/mol. The number of benzene rings is 1. The van der Waals surface area contributed by atoms with Crippen molar-refractivity contribution in [1.29, 1.82) is 0 Å². The molecule has 30 heavy (non-hydrogen) atoms. The van der Waals surface area contributed by atoms with E-state index in [4.69, 9.17) is 9.15 Å². The molecule has 1 saturated heterocycles. The molecule has 0 N–H and O–H groups in total. The minimum absolute atomic E-state index is 0.0245. The number of amides is 1. The van der Waals surface area contributed by atoms with Gasteiger partial charge in [-0.3, -0.25) is 9.69 Å². The summed E-state index contributed by atoms with van der Waals surface area (Å²) in [5, 5.41) is 0. The Morgan fingerprint density at radius 1 is 0.967 bits per heavy atom. The van der Waals surface area contributed by atoms with E-state index in [2.05, 4.69) is 17.0 Å². The zero-order valence-corrected chi connectivity index (χ0v) is 17.0. The molecule has 1 aliphatic rings. The summed E-state index contributed by atoms with van der Waals surface area (Å²) in [5.41, 5.74) is 2.28. The first-order valence-electron chi connectivity index (χ1n) is 10.0. The number of methoxy groups -OCH3 is 1. The number of ether oxygens (including phenoxy) is 1. The van der Waals surface area contributed by atoms with E-state index in [0.29, 0.717) is 30.2 Å². The topological polar surface area (TPSA) is 67.9 Å². The van der Waals surface area contributed by atoms with E-state index >= 15 is 0 Å². The summed E-state index contributed by atoms with van der Waals surface area (Å²) in [7, 11) is 1.33. The normalized spacial score (nSPS) is 14.6. The minimum atomic E-state index is -0.478. The van der Waals surface area contributed by atoms with Crippen molar-refractivity contribution in [3.8, 4) is 11.5 Å². The molecule has 0 spiro atoms. The van der Waals surface area contributed by atoms with Crippen LogP contribution in [0.1, 0.15) is 16.1 Å². The molecule has 2 aromatic heterocycles. The molecule has 1 aromatic carbocycles. The highest BCUT2D eigenvalue weighted by Crippen LogP contribution is 2.24. The van der Waals surface area contributed by atoms with Crippen molar-refractivity contribution < 1.29 is 18.7 Å². The summed E-state index contributed by atoms with van der Waals surface area (Å²) in [5.74, 6) is 0.0995. The quantitative estimate of drug-likeness (QED) is 0.588. The van der Waals surface area contributed by atoms with Gasteiger partial charge in [0.25, 0.3) is 0 Å². The van der Waals surface area contributed by atoms with E-state index in [0.717, 1.165) is 19.6 Å². The van der Waals surface area contributed by atoms with Gasteiger partial charge in [0.2, 0.25) is 5.91 Å². The standard InChI is InChI=1S/C23H25N3O4/c1-29-23(28)20-10-9-19(21-8-5-15-30-21)26(20)17-22(27)25-13-11-24(12-14-25)16-18-6-3-2-4-7-18/h2-10,15H,11-14,16-17H2,1H3. The van der Waals surface area contributed by atoms with Crippen molar-refractivity contribution in [2.24, 2.45) is 0 Å². The highest BCUT2D eigenvalue weighted by atomic mass is 16.5. The Balaban J connectivity index is 1.43. The molecule has 0 bridgehead atoms. The second kappa shape index (κ2) is 9.00. The van der Waals surface area contributed by atoms with Crippen LogP contribution < -0.4 is 0 Å². The second-order valence-corrected chi connectivity index (χ2v) is 7.30. The first kappa shape index (κ1) is 20.0. The number of esters is 1. The third-order valence-corrected chi connectivity index (χ3v) is 5.42. The largest absolute Gasteiger partial charge is 0.464 e. The Labute approximate surface area is 175 Å². The lowest BCUT2D eigenvalue weighted by Crippen LogP contribution is -2.49. The predicted octanol–water partition coefficient (Wildman–Crippen LogP) is 2.88. The third-order valence-electron chi connectivity index (χ3n) is 5.42. The number of nitrogens with zero attached hydrogens (tertiary/aromatic N) is 3. The Hall–Kier alpha value is -3.32. The molecule has 7 heteroatoms. The lowest BCUT2D eigenvalue weighted by Gasteiger charge is -2.35. The van der Waals surface area contributed by atoms with Crippen LogP contribution in [0, 0.1) is 0 Å². The van der Waals surface area contributed by atoms with E-state index < -0.39 is 5.97 Å². The molecule has 1 amide bonds. The number of hydrogen-bond acceptors (Lipinski definition) is 5. The van der Waals surface area contributed by atoms with Crippen molar-refractivity contribution in [2.75, 3.05) is 33.3 Å². The minimum Gasteiger partial charge on any atom is -0.464 e. The molecule has 0 aliphatic carbocycles. The number of aromatic nitrogens is 1. The van der Waals surface area contributed by atoms with Gasteiger partial charge in [-0.1, -0.05) is 30.3 Å². The molecule has 3 aromatic rings. The Kier molecular flexibility index (Phi) is 5.99. The Morgan fingerprint density at radius 2 is 1.73 bits per heavy atom. The SMILES string of the molecule is COC(=O)c1ccc(-c2ccco2)n1CC(=O)N1CCN(Cc2ccccc2)CC1. The van der Waals surface area contributed by atoms with Gasteiger partial charge >= 0.3 is 5.97 Å². The summed E-state index contributed by atoms with van der Waals surface area (Å²) in [4.78, 5) is 29.4. The van der Waals surface area contributed by atoms with Crippen molar-refractivity contribution >= 4 is 11.9 Å². The summed E-state index contributed by atoms with van der Waals surface area (Å²) in [6.45, 7) is 3.91. The molecular weight excluding hydrogens is 382 g/mol. The van der Waals surface area contributed by atoms with Crippen LogP contribution in [-0.2, 0) is 22.6 Å². The summed E-state index contributed by atoms with van der Waals surface area (Å²) < 4.78 is 12.0. The van der Waals surface area contributed by atoms with Gasteiger partial charge in [-0.2, -0.15) is 0 Å². The lowest BCUT2D eigenvalue weighted by atomic mass is 10.2. The van der Waals surface area contributed by atoms with Crippen LogP contribution in [0.3, 0.4) is 0 Å². The predicted molar refractivity (Wildman–Crippen MR) is 112 cm³/mol. The van der Waals surface area contributed by atoms with Crippen LogP contribution >= 0.6 is 0 Å². The van der Waals surface area contributed by atoms with Gasteiger partial charge in [-0.15, -0.1) is 0 Å². The highest BCUT2D eigenvalue weighted by molar-refractivity contribution is 5.90. The number of carbonyl (C=O) groups is 2. The van der Waals surface area contributed by atoms with Crippen LogP contribution in [0.25, 0.3) is 11.5 Å². The molecule has 0 atom stereocenters. The average Bonchev–Trinajstić information content (AvgIpc) is 3.44. The summed E-state index contributed by atoms with van der Waals surface area (Å²) in [6, 6.07) is 17.4. The van der Waals surface area contributed by atoms with E-state index in [9.17, 15) is 9.59 Å². The van der Waals surface area contributed by atoms with Crippen molar-refractivity contribution in [1.82, 2.24) is 14.4 Å². The maximum absolute atomic E-state index is 13.0. The van der Waals surface area contributed by atoms with Crippen molar-refractivity contribution in [3.05, 3.63) is 72.1 Å². The van der Waals surface area contributed by atoms with Crippen LogP contribution in [-0.4, -0.2) is 59.5 Å². The lowest BCUT2D eigenvalue weighted by molar-refractivity contribution is -0.133. The van der Waals surface area contributed by atoms with Crippen molar-refractivity contribution in [3.63, 3.8) is 0 Å². The van der Waals surface area contributed by atoms with Crippen LogP contribution in [0.5, 0.6) is 0 Å². The first-order valence-corrected chi connectivity index (χ1v) is 10.0. The molecule has 0 radical (unpaired) electrons. The number of carbonyl (C=O) groups excluding carboxylic acids is 2. The van der Waals surface area contributed by atoms with E-state index in [1.165, 1.54) is 12.7 Å². The molecule has 0 saturated carbocycles. The molecule has 7 nitrogen and oxygen atoms in total. The van der Waals surface area contributed by atoms with Crippen LogP contribution in [0.4, 0.5) is 0 Å². The fraction of sp³-hybridized carbons (Fsp3) is 0.304. The first-order chi connectivity index (χ1) is 14.7. The zero-order chi connectivity index (χ0) is 20.9. The number of furan rings is 1. The number of rotatable bonds is 6. The van der Waals surface area contributed by atoms with Gasteiger partial charge in [-0.05, 0) is 29.8 Å². The molecule has 1 aliphatic heterocycles. The van der Waals surface area contributed by atoms with E-state index in [-0.39, 0.29) is 12.5 Å². The molecular formula is C23H25N3O4. The maximum Gasteiger partial charge on any atom is 0.354 e. The van der Waals surface area contributed by atoms with Crippen LogP contribution in [0.2, 0.25) is 0 Å². The van der Waals surface area contributed by atoms with Crippen LogP contribution in [0.15, 0.2) is 65.3 Å². The fourth-order valence-corrected chi connectivity index (χ4v) is 3.79. The van der Waals surface area contributed by atoms with Crippen molar-refractivity contribution in [2.45, 2.75) is 13.1 Å². The molecule has 4 rings (SSSR count). The highest BCUT2D eigenvalue weighted by Gasteiger charge is 2.25. The van der Waals surface area contributed by atoms with Gasteiger partial charge in [0.05, 0.1) is 19.1 Å². The maximum atomic E-state index is 13.0. The van der Waals surface area contributed by atoms with E-state index in [1.807, 2.05) is 23.1 Å². The van der Waals surface area contributed by atoms with Gasteiger partial charge in [0.1, 0.15) is 18.0 Å². The van der Waals surface area contributed by atoms with Gasteiger partial charge in [0, 0.05) is 32.7 Å². The second-order valence-electron chi connectivity index (χ2n) is 7.30. The zero-order valence-electron chi connectivity index (χ0n) is 17.0. The van der Waals surface area contributed by atoms with Gasteiger partial charge < -0.3 is 18.6 Å². The fourth-order valence-electron chi connectivity index (χ4n) is 3.79. The Bertz CT molecular complexity index is 987. The molecule has 1 fully saturated rings. The molecule has 156 valence electrons. The molecule has 0 unspecified atom stereocenters. The van der Waals surface area contributed by atoms with Gasteiger partial charge in [-0.25, -0.2) is 4.79 Å². The Morgan fingerprint density at radius 3 is 2.40 bits per heavy atom. The van der Waals surface area contributed by atoms with Gasteiger partial charge in [0.15, 0.2) is 0 Å². The summed E-state index contributed by atoms with van der Waals surface area (Å²) >= 11 is 0. The number of piperazine rings is 1. The van der Waals surface area contributed by atoms with E-state index in [1.54, 1.807) is 35.1 Å². The molecule has 3 heterocycles.